The average molecular weight is 284 g/mol. The molecule has 0 aliphatic carbocycles. The van der Waals surface area contributed by atoms with Crippen molar-refractivity contribution in [3.05, 3.63) is 33.8 Å². The van der Waals surface area contributed by atoms with E-state index < -0.39 is 5.76 Å². The Balaban J connectivity index is 2.12. The van der Waals surface area contributed by atoms with Crippen molar-refractivity contribution in [2.45, 2.75) is 26.3 Å². The number of halogens is 1. The lowest BCUT2D eigenvalue weighted by atomic mass is 10.3. The van der Waals surface area contributed by atoms with E-state index in [4.69, 9.17) is 20.8 Å². The average Bonchev–Trinajstić information content (AvgIpc) is 2.66. The second-order valence-corrected chi connectivity index (χ2v) is 4.48. The molecule has 0 aliphatic rings. The van der Waals surface area contributed by atoms with E-state index in [0.717, 1.165) is 0 Å². The van der Waals surface area contributed by atoms with Crippen molar-refractivity contribution in [3.8, 4) is 0 Å². The first kappa shape index (κ1) is 13.7. The summed E-state index contributed by atoms with van der Waals surface area (Å²) in [4.78, 5) is 22.9. The molecule has 0 spiro atoms. The summed E-state index contributed by atoms with van der Waals surface area (Å²) in [6, 6.07) is 4.99. The number of nitrogens with zero attached hydrogens (tertiary/aromatic N) is 1. The van der Waals surface area contributed by atoms with Gasteiger partial charge in [0, 0.05) is 18.0 Å². The molecule has 0 aliphatic heterocycles. The first-order valence-electron chi connectivity index (χ1n) is 6.06. The summed E-state index contributed by atoms with van der Waals surface area (Å²) >= 11 is 5.89. The summed E-state index contributed by atoms with van der Waals surface area (Å²) in [6.07, 6.45) is 0.785. The molecule has 0 fully saturated rings. The van der Waals surface area contributed by atoms with Gasteiger partial charge in [-0.2, -0.15) is 0 Å². The number of benzene rings is 1. The van der Waals surface area contributed by atoms with Crippen LogP contribution in [0.4, 0.5) is 0 Å². The van der Waals surface area contributed by atoms with E-state index in [9.17, 15) is 9.59 Å². The van der Waals surface area contributed by atoms with Crippen LogP contribution < -0.4 is 5.76 Å². The molecule has 0 saturated carbocycles. The highest BCUT2D eigenvalue weighted by molar-refractivity contribution is 6.31. The van der Waals surface area contributed by atoms with Crippen LogP contribution in [0.1, 0.15) is 19.8 Å². The SMILES string of the molecule is CCOC(=O)CCCn1c(=O)oc2ccc(Cl)cc21. The molecule has 2 aromatic rings. The van der Waals surface area contributed by atoms with Gasteiger partial charge in [-0.3, -0.25) is 9.36 Å². The van der Waals surface area contributed by atoms with E-state index >= 15 is 0 Å². The maximum atomic E-state index is 11.7. The molecule has 0 radical (unpaired) electrons. The lowest BCUT2D eigenvalue weighted by Crippen LogP contribution is -2.15. The molecule has 0 amide bonds. The minimum Gasteiger partial charge on any atom is -0.466 e. The molecule has 6 heteroatoms. The molecule has 0 atom stereocenters. The molecule has 1 heterocycles. The molecule has 0 N–H and O–H groups in total. The minimum absolute atomic E-state index is 0.263. The zero-order valence-electron chi connectivity index (χ0n) is 10.5. The summed E-state index contributed by atoms with van der Waals surface area (Å²) in [7, 11) is 0. The highest BCUT2D eigenvalue weighted by Gasteiger charge is 2.10. The predicted octanol–water partition coefficient (Wildman–Crippen LogP) is 2.59. The minimum atomic E-state index is -0.443. The second kappa shape index (κ2) is 5.93. The standard InChI is InChI=1S/C13H14ClNO4/c1-2-18-12(16)4-3-7-15-10-8-9(14)5-6-11(10)19-13(15)17/h5-6,8H,2-4,7H2,1H3. The fourth-order valence-electron chi connectivity index (χ4n) is 1.86. The monoisotopic (exact) mass is 283 g/mol. The molecule has 0 bridgehead atoms. The van der Waals surface area contributed by atoms with Crippen LogP contribution >= 0.6 is 11.6 Å². The van der Waals surface area contributed by atoms with Crippen molar-refractivity contribution in [2.75, 3.05) is 6.61 Å². The topological polar surface area (TPSA) is 61.4 Å². The quantitative estimate of drug-likeness (QED) is 0.791. The third-order valence-corrected chi connectivity index (χ3v) is 2.93. The largest absolute Gasteiger partial charge is 0.466 e. The van der Waals surface area contributed by atoms with Gasteiger partial charge < -0.3 is 9.15 Å². The third-order valence-electron chi connectivity index (χ3n) is 2.70. The van der Waals surface area contributed by atoms with Gasteiger partial charge in [0.05, 0.1) is 12.1 Å². The number of carbonyl (C=O) groups excluding carboxylic acids is 1. The fraction of sp³-hybridized carbons (Fsp3) is 0.385. The van der Waals surface area contributed by atoms with E-state index in [0.29, 0.717) is 35.7 Å². The number of hydrogen-bond donors (Lipinski definition) is 0. The Hall–Kier alpha value is -1.75. The van der Waals surface area contributed by atoms with Crippen LogP contribution in [0.25, 0.3) is 11.1 Å². The smallest absolute Gasteiger partial charge is 0.419 e. The highest BCUT2D eigenvalue weighted by Crippen LogP contribution is 2.18. The predicted molar refractivity (Wildman–Crippen MR) is 71.4 cm³/mol. The number of esters is 1. The van der Waals surface area contributed by atoms with Crippen LogP contribution in [0.5, 0.6) is 0 Å². The van der Waals surface area contributed by atoms with Crippen molar-refractivity contribution in [1.29, 1.82) is 0 Å². The van der Waals surface area contributed by atoms with Crippen molar-refractivity contribution in [2.24, 2.45) is 0 Å². The molecule has 0 saturated heterocycles. The molecular formula is C13H14ClNO4. The molecule has 1 aromatic carbocycles. The molecule has 0 unspecified atom stereocenters. The van der Waals surface area contributed by atoms with Crippen LogP contribution in [0.3, 0.4) is 0 Å². The number of ether oxygens (including phenoxy) is 1. The summed E-state index contributed by atoms with van der Waals surface area (Å²) in [6.45, 7) is 2.52. The summed E-state index contributed by atoms with van der Waals surface area (Å²) in [5.74, 6) is -0.706. The Morgan fingerprint density at radius 2 is 2.26 bits per heavy atom. The highest BCUT2D eigenvalue weighted by atomic mass is 35.5. The first-order valence-corrected chi connectivity index (χ1v) is 6.44. The van der Waals surface area contributed by atoms with Crippen LogP contribution in [0.2, 0.25) is 5.02 Å². The van der Waals surface area contributed by atoms with Gasteiger partial charge in [-0.15, -0.1) is 0 Å². The number of fused-ring (bicyclic) bond motifs is 1. The maximum Gasteiger partial charge on any atom is 0.419 e. The van der Waals surface area contributed by atoms with Crippen LogP contribution in [-0.2, 0) is 16.1 Å². The summed E-state index contributed by atoms with van der Waals surface area (Å²) < 4.78 is 11.4. The molecule has 1 aromatic heterocycles. The molecule has 19 heavy (non-hydrogen) atoms. The van der Waals surface area contributed by atoms with Gasteiger partial charge in [-0.25, -0.2) is 4.79 Å². The molecule has 2 rings (SSSR count). The van der Waals surface area contributed by atoms with E-state index in [1.807, 2.05) is 0 Å². The zero-order valence-corrected chi connectivity index (χ0v) is 11.3. The Kier molecular flexibility index (Phi) is 4.27. The number of carbonyl (C=O) groups is 1. The van der Waals surface area contributed by atoms with Gasteiger partial charge >= 0.3 is 11.7 Å². The van der Waals surface area contributed by atoms with E-state index in [2.05, 4.69) is 0 Å². The lowest BCUT2D eigenvalue weighted by Gasteiger charge is -2.03. The van der Waals surface area contributed by atoms with Gasteiger partial charge in [0.25, 0.3) is 0 Å². The number of rotatable bonds is 5. The number of oxazole rings is 1. The summed E-state index contributed by atoms with van der Waals surface area (Å²) in [5.41, 5.74) is 1.13. The van der Waals surface area contributed by atoms with E-state index in [-0.39, 0.29) is 12.4 Å². The number of hydrogen-bond acceptors (Lipinski definition) is 4. The van der Waals surface area contributed by atoms with Gasteiger partial charge in [0.2, 0.25) is 0 Å². The van der Waals surface area contributed by atoms with Crippen molar-refractivity contribution in [1.82, 2.24) is 4.57 Å². The van der Waals surface area contributed by atoms with Gasteiger partial charge in [-0.1, -0.05) is 11.6 Å². The van der Waals surface area contributed by atoms with Gasteiger partial charge in [-0.05, 0) is 31.5 Å². The summed E-state index contributed by atoms with van der Waals surface area (Å²) in [5, 5.41) is 0.535. The lowest BCUT2D eigenvalue weighted by molar-refractivity contribution is -0.143. The Morgan fingerprint density at radius 3 is 3.00 bits per heavy atom. The molecule has 5 nitrogen and oxygen atoms in total. The number of aryl methyl sites for hydroxylation is 1. The van der Waals surface area contributed by atoms with Crippen molar-refractivity contribution < 1.29 is 13.9 Å². The number of aromatic nitrogens is 1. The third kappa shape index (κ3) is 3.17. The fourth-order valence-corrected chi connectivity index (χ4v) is 2.03. The van der Waals surface area contributed by atoms with Gasteiger partial charge in [0.1, 0.15) is 0 Å². The first-order chi connectivity index (χ1) is 9.11. The molecular weight excluding hydrogens is 270 g/mol. The van der Waals surface area contributed by atoms with E-state index in [1.54, 1.807) is 25.1 Å². The zero-order chi connectivity index (χ0) is 13.8. The van der Waals surface area contributed by atoms with Crippen LogP contribution in [-0.4, -0.2) is 17.1 Å². The normalized spacial score (nSPS) is 10.8. The van der Waals surface area contributed by atoms with Crippen LogP contribution in [0.15, 0.2) is 27.4 Å². The van der Waals surface area contributed by atoms with Gasteiger partial charge in [0.15, 0.2) is 5.58 Å². The van der Waals surface area contributed by atoms with Crippen molar-refractivity contribution >= 4 is 28.7 Å². The Bertz CT molecular complexity index is 644. The van der Waals surface area contributed by atoms with E-state index in [1.165, 1.54) is 4.57 Å². The molecule has 102 valence electrons. The second-order valence-electron chi connectivity index (χ2n) is 4.04. The maximum absolute atomic E-state index is 11.7. The van der Waals surface area contributed by atoms with Crippen molar-refractivity contribution in [3.63, 3.8) is 0 Å². The Labute approximate surface area is 114 Å². The Morgan fingerprint density at radius 1 is 1.47 bits per heavy atom. The van der Waals surface area contributed by atoms with Crippen LogP contribution in [0, 0.1) is 0 Å².